The Morgan fingerprint density at radius 2 is 2.00 bits per heavy atom. The van der Waals surface area contributed by atoms with Gasteiger partial charge in [-0.25, -0.2) is 0 Å². The van der Waals surface area contributed by atoms with Gasteiger partial charge in [0.1, 0.15) is 12.7 Å². The van der Waals surface area contributed by atoms with E-state index in [1.54, 1.807) is 23.6 Å². The summed E-state index contributed by atoms with van der Waals surface area (Å²) in [6.07, 6.45) is -0.511. The lowest BCUT2D eigenvalue weighted by atomic mass is 10.2. The zero-order chi connectivity index (χ0) is 16.6. The summed E-state index contributed by atoms with van der Waals surface area (Å²) in [5, 5.41) is 0. The number of fused-ring (bicyclic) bond motifs is 1. The van der Waals surface area contributed by atoms with Crippen LogP contribution < -0.4 is 10.3 Å². The molecule has 0 bridgehead atoms. The van der Waals surface area contributed by atoms with E-state index in [0.29, 0.717) is 12.2 Å². The number of rotatable bonds is 4. The second kappa shape index (κ2) is 5.78. The number of hydrogen-bond acceptors (Lipinski definition) is 6. The topological polar surface area (TPSA) is 87.5 Å². The van der Waals surface area contributed by atoms with Crippen LogP contribution in [-0.4, -0.2) is 30.7 Å². The molecule has 0 saturated carbocycles. The van der Waals surface area contributed by atoms with Gasteiger partial charge in [0.2, 0.25) is 0 Å². The van der Waals surface area contributed by atoms with Crippen molar-refractivity contribution in [3.05, 3.63) is 51.9 Å². The van der Waals surface area contributed by atoms with Crippen molar-refractivity contribution in [3.8, 4) is 6.01 Å². The molecule has 122 valence electrons. The maximum atomic E-state index is 12.1. The van der Waals surface area contributed by atoms with E-state index in [2.05, 4.69) is 4.98 Å². The Kier molecular flexibility index (Phi) is 3.95. The molecule has 0 N–H and O–H groups in total. The van der Waals surface area contributed by atoms with Crippen LogP contribution >= 0.6 is 0 Å². The van der Waals surface area contributed by atoms with Gasteiger partial charge < -0.3 is 4.74 Å². The van der Waals surface area contributed by atoms with E-state index in [1.165, 1.54) is 18.2 Å². The average Bonchev–Trinajstić information content (AvgIpc) is 2.89. The van der Waals surface area contributed by atoms with Crippen molar-refractivity contribution in [1.82, 2.24) is 9.55 Å². The van der Waals surface area contributed by atoms with Gasteiger partial charge in [0.15, 0.2) is 0 Å². The summed E-state index contributed by atoms with van der Waals surface area (Å²) in [6.45, 7) is 3.88. The molecule has 7 nitrogen and oxygen atoms in total. The average molecular weight is 336 g/mol. The number of aromatic nitrogens is 2. The van der Waals surface area contributed by atoms with Gasteiger partial charge in [-0.2, -0.15) is 13.4 Å². The predicted molar refractivity (Wildman–Crippen MR) is 82.0 cm³/mol. The molecule has 0 amide bonds. The lowest BCUT2D eigenvalue weighted by Crippen LogP contribution is -2.24. The summed E-state index contributed by atoms with van der Waals surface area (Å²) in [5.74, 6) is 0. The maximum absolute atomic E-state index is 12.1. The van der Waals surface area contributed by atoms with E-state index in [0.717, 1.165) is 5.56 Å². The van der Waals surface area contributed by atoms with Crippen molar-refractivity contribution in [2.45, 2.75) is 31.4 Å². The van der Waals surface area contributed by atoms with Crippen LogP contribution in [0.15, 0.2) is 40.0 Å². The fraction of sp³-hybridized carbons (Fsp3) is 0.333. The van der Waals surface area contributed by atoms with E-state index in [1.807, 2.05) is 6.92 Å². The summed E-state index contributed by atoms with van der Waals surface area (Å²) in [7, 11) is -3.84. The highest BCUT2D eigenvalue weighted by Crippen LogP contribution is 2.21. The molecule has 1 aliphatic heterocycles. The molecule has 1 atom stereocenters. The normalized spacial score (nSPS) is 16.9. The predicted octanol–water partition coefficient (Wildman–Crippen LogP) is 1.03. The second-order valence-corrected chi connectivity index (χ2v) is 7.04. The third kappa shape index (κ3) is 3.27. The molecule has 0 spiro atoms. The van der Waals surface area contributed by atoms with Crippen molar-refractivity contribution in [2.24, 2.45) is 0 Å². The first-order valence-electron chi connectivity index (χ1n) is 7.06. The molecule has 2 heterocycles. The minimum absolute atomic E-state index is 0.0995. The van der Waals surface area contributed by atoms with E-state index < -0.39 is 16.2 Å². The van der Waals surface area contributed by atoms with Crippen molar-refractivity contribution < 1.29 is 17.3 Å². The Morgan fingerprint density at radius 1 is 1.30 bits per heavy atom. The van der Waals surface area contributed by atoms with Crippen LogP contribution in [0.2, 0.25) is 0 Å². The molecular formula is C15H16N2O5S. The van der Waals surface area contributed by atoms with Crippen LogP contribution in [0.3, 0.4) is 0 Å². The molecule has 8 heteroatoms. The molecular weight excluding hydrogens is 320 g/mol. The zero-order valence-corrected chi connectivity index (χ0v) is 13.5. The first-order valence-corrected chi connectivity index (χ1v) is 8.47. The van der Waals surface area contributed by atoms with E-state index in [9.17, 15) is 13.2 Å². The molecule has 23 heavy (non-hydrogen) atoms. The highest BCUT2D eigenvalue weighted by Gasteiger charge is 2.27. The molecule has 1 aromatic carbocycles. The number of aryl methyl sites for hydroxylation is 2. The minimum atomic E-state index is -3.84. The molecule has 0 aliphatic carbocycles. The van der Waals surface area contributed by atoms with Crippen LogP contribution in [0.1, 0.15) is 11.3 Å². The fourth-order valence-corrected chi connectivity index (χ4v) is 3.26. The quantitative estimate of drug-likeness (QED) is 0.775. The Bertz CT molecular complexity index is 887. The number of ether oxygens (including phenoxy) is 1. The lowest BCUT2D eigenvalue weighted by molar-refractivity contribution is 0.147. The molecule has 2 aromatic rings. The second-order valence-electron chi connectivity index (χ2n) is 5.42. The molecule has 0 radical (unpaired) electrons. The van der Waals surface area contributed by atoms with Crippen molar-refractivity contribution >= 4 is 10.1 Å². The highest BCUT2D eigenvalue weighted by molar-refractivity contribution is 7.86. The first kappa shape index (κ1) is 15.7. The first-order chi connectivity index (χ1) is 10.8. The Morgan fingerprint density at radius 3 is 2.70 bits per heavy atom. The summed E-state index contributed by atoms with van der Waals surface area (Å²) in [5.41, 5.74) is 1.29. The zero-order valence-electron chi connectivity index (χ0n) is 12.7. The third-order valence-corrected chi connectivity index (χ3v) is 4.87. The minimum Gasteiger partial charge on any atom is -0.457 e. The Labute approximate surface area is 133 Å². The van der Waals surface area contributed by atoms with Crippen LogP contribution in [0.4, 0.5) is 0 Å². The SMILES string of the molecule is Cc1ccc(S(=O)(=O)OCC2Cn3c(C)cc(=O)nc3O2)cc1. The van der Waals surface area contributed by atoms with Crippen molar-refractivity contribution in [2.75, 3.05) is 6.61 Å². The number of nitrogens with zero attached hydrogens (tertiary/aromatic N) is 2. The molecule has 1 aromatic heterocycles. The van der Waals surface area contributed by atoms with Gasteiger partial charge in [0, 0.05) is 11.8 Å². The summed E-state index contributed by atoms with van der Waals surface area (Å²) < 4.78 is 36.6. The van der Waals surface area contributed by atoms with Crippen LogP contribution in [0.25, 0.3) is 0 Å². The van der Waals surface area contributed by atoms with Crippen LogP contribution in [-0.2, 0) is 20.8 Å². The molecule has 0 fully saturated rings. The molecule has 1 aliphatic rings. The van der Waals surface area contributed by atoms with Gasteiger partial charge in [0.25, 0.3) is 21.7 Å². The molecule has 1 unspecified atom stereocenters. The monoisotopic (exact) mass is 336 g/mol. The highest BCUT2D eigenvalue weighted by atomic mass is 32.2. The molecule has 0 saturated heterocycles. The van der Waals surface area contributed by atoms with Gasteiger partial charge in [-0.15, -0.1) is 0 Å². The third-order valence-electron chi connectivity index (χ3n) is 3.57. The Hall–Kier alpha value is -2.19. The van der Waals surface area contributed by atoms with Crippen LogP contribution in [0, 0.1) is 13.8 Å². The summed E-state index contributed by atoms with van der Waals surface area (Å²) >= 11 is 0. The lowest BCUT2D eigenvalue weighted by Gasteiger charge is -2.10. The largest absolute Gasteiger partial charge is 0.457 e. The van der Waals surface area contributed by atoms with Crippen molar-refractivity contribution in [1.29, 1.82) is 0 Å². The molecule has 3 rings (SSSR count). The number of benzene rings is 1. The summed E-state index contributed by atoms with van der Waals surface area (Å²) in [4.78, 5) is 15.2. The van der Waals surface area contributed by atoms with Gasteiger partial charge in [-0.05, 0) is 26.0 Å². The Balaban J connectivity index is 1.69. The smallest absolute Gasteiger partial charge is 0.300 e. The summed E-state index contributed by atoms with van der Waals surface area (Å²) in [6, 6.07) is 8.00. The van der Waals surface area contributed by atoms with E-state index in [4.69, 9.17) is 8.92 Å². The fourth-order valence-electron chi connectivity index (χ4n) is 2.32. The van der Waals surface area contributed by atoms with Gasteiger partial charge in [-0.3, -0.25) is 13.5 Å². The van der Waals surface area contributed by atoms with E-state index >= 15 is 0 Å². The van der Waals surface area contributed by atoms with Gasteiger partial charge in [0.05, 0.1) is 11.4 Å². The van der Waals surface area contributed by atoms with Crippen LogP contribution in [0.5, 0.6) is 6.01 Å². The van der Waals surface area contributed by atoms with Gasteiger partial charge in [-0.1, -0.05) is 17.7 Å². The van der Waals surface area contributed by atoms with Crippen molar-refractivity contribution in [3.63, 3.8) is 0 Å². The number of hydrogen-bond donors (Lipinski definition) is 0. The van der Waals surface area contributed by atoms with Gasteiger partial charge >= 0.3 is 0 Å². The van der Waals surface area contributed by atoms with E-state index in [-0.39, 0.29) is 23.1 Å². The standard InChI is InChI=1S/C15H16N2O5S/c1-10-3-5-13(6-4-10)23(19,20)21-9-12-8-17-11(2)7-14(18)16-15(17)22-12/h3-7,12H,8-9H2,1-2H3. The maximum Gasteiger partial charge on any atom is 0.300 e.